The van der Waals surface area contributed by atoms with Crippen molar-refractivity contribution < 1.29 is 9.90 Å². The highest BCUT2D eigenvalue weighted by Gasteiger charge is 2.25. The number of thiazole rings is 1. The van der Waals surface area contributed by atoms with Gasteiger partial charge in [-0.15, -0.1) is 11.3 Å². The minimum Gasteiger partial charge on any atom is -0.480 e. The topological polar surface area (TPSA) is 65.5 Å². The first-order valence-electron chi connectivity index (χ1n) is 6.15. The minimum absolute atomic E-state index is 0.453. The molecule has 1 aromatic rings. The molecule has 0 amide bonds. The van der Waals surface area contributed by atoms with Gasteiger partial charge in [-0.25, -0.2) is 4.98 Å². The number of nitrogens with one attached hydrogen (secondary N) is 1. The zero-order valence-corrected chi connectivity index (χ0v) is 11.5. The summed E-state index contributed by atoms with van der Waals surface area (Å²) in [5.41, 5.74) is 0.623. The van der Waals surface area contributed by atoms with Gasteiger partial charge in [0.05, 0.1) is 10.7 Å². The fourth-order valence-electron chi connectivity index (χ4n) is 2.39. The summed E-state index contributed by atoms with van der Waals surface area (Å²) in [6, 6.07) is -0.698. The molecule has 5 nitrogen and oxygen atoms in total. The van der Waals surface area contributed by atoms with Crippen LogP contribution < -0.4 is 5.32 Å². The second kappa shape index (κ2) is 5.77. The molecule has 2 unspecified atom stereocenters. The zero-order chi connectivity index (χ0) is 13.1. The Bertz CT molecular complexity index is 421. The number of aliphatic carboxylic acids is 1. The van der Waals surface area contributed by atoms with Gasteiger partial charge < -0.3 is 15.3 Å². The van der Waals surface area contributed by atoms with Gasteiger partial charge in [0.25, 0.3) is 0 Å². The average molecular weight is 269 g/mol. The Morgan fingerprint density at radius 2 is 2.50 bits per heavy atom. The van der Waals surface area contributed by atoms with Crippen LogP contribution in [0.3, 0.4) is 0 Å². The molecule has 1 aromatic heterocycles. The van der Waals surface area contributed by atoms with Crippen LogP contribution in [-0.2, 0) is 4.79 Å². The number of hydrogen-bond donors (Lipinski definition) is 2. The van der Waals surface area contributed by atoms with Crippen LogP contribution in [0.15, 0.2) is 5.38 Å². The molecule has 0 aliphatic carbocycles. The lowest BCUT2D eigenvalue weighted by Crippen LogP contribution is -2.31. The van der Waals surface area contributed by atoms with Crippen molar-refractivity contribution in [1.29, 1.82) is 0 Å². The maximum absolute atomic E-state index is 11.1. The van der Waals surface area contributed by atoms with E-state index in [0.717, 1.165) is 24.5 Å². The number of carboxylic acids is 1. The smallest absolute Gasteiger partial charge is 0.327 e. The maximum atomic E-state index is 11.1. The summed E-state index contributed by atoms with van der Waals surface area (Å²) >= 11 is 1.58. The summed E-state index contributed by atoms with van der Waals surface area (Å²) in [4.78, 5) is 17.9. The molecule has 0 aromatic carbocycles. The van der Waals surface area contributed by atoms with Gasteiger partial charge in [-0.1, -0.05) is 0 Å². The van der Waals surface area contributed by atoms with Crippen molar-refractivity contribution >= 4 is 17.3 Å². The van der Waals surface area contributed by atoms with Crippen LogP contribution in [0.25, 0.3) is 0 Å². The SMILES string of the molecule is CNC(C(=O)O)c1csc(C2CCCN(C)C2)n1. The highest BCUT2D eigenvalue weighted by molar-refractivity contribution is 7.09. The lowest BCUT2D eigenvalue weighted by Gasteiger charge is -2.28. The van der Waals surface area contributed by atoms with E-state index in [9.17, 15) is 4.79 Å². The molecule has 2 atom stereocenters. The molecule has 1 aliphatic heterocycles. The van der Waals surface area contributed by atoms with Crippen LogP contribution in [0.1, 0.15) is 35.5 Å². The standard InChI is InChI=1S/C12H19N3O2S/c1-13-10(12(16)17)9-7-18-11(14-9)8-4-3-5-15(2)6-8/h7-8,10,13H,3-6H2,1-2H3,(H,16,17). The molecule has 0 spiro atoms. The summed E-state index contributed by atoms with van der Waals surface area (Å²) in [6.07, 6.45) is 2.33. The molecule has 1 saturated heterocycles. The molecular formula is C12H19N3O2S. The Labute approximate surface area is 111 Å². The predicted octanol–water partition coefficient (Wildman–Crippen LogP) is 1.30. The van der Waals surface area contributed by atoms with Gasteiger partial charge >= 0.3 is 5.97 Å². The van der Waals surface area contributed by atoms with Crippen molar-refractivity contribution in [2.75, 3.05) is 27.2 Å². The van der Waals surface area contributed by atoms with Gasteiger partial charge in [-0.3, -0.25) is 4.79 Å². The van der Waals surface area contributed by atoms with Crippen LogP contribution in [0.2, 0.25) is 0 Å². The molecule has 0 radical (unpaired) electrons. The van der Waals surface area contributed by atoms with Crippen molar-refractivity contribution in [3.63, 3.8) is 0 Å². The summed E-state index contributed by atoms with van der Waals surface area (Å²) in [5.74, 6) is -0.427. The summed E-state index contributed by atoms with van der Waals surface area (Å²) in [7, 11) is 3.76. The highest BCUT2D eigenvalue weighted by Crippen LogP contribution is 2.30. The van der Waals surface area contributed by atoms with E-state index in [2.05, 4.69) is 22.2 Å². The largest absolute Gasteiger partial charge is 0.480 e. The molecule has 1 fully saturated rings. The summed E-state index contributed by atoms with van der Waals surface area (Å²) < 4.78 is 0. The van der Waals surface area contributed by atoms with Crippen molar-refractivity contribution in [3.8, 4) is 0 Å². The van der Waals surface area contributed by atoms with Gasteiger partial charge in [0.1, 0.15) is 6.04 Å². The number of likely N-dealkylation sites (tertiary alicyclic amines) is 1. The van der Waals surface area contributed by atoms with E-state index >= 15 is 0 Å². The maximum Gasteiger partial charge on any atom is 0.327 e. The van der Waals surface area contributed by atoms with E-state index in [1.54, 1.807) is 18.4 Å². The Kier molecular flexibility index (Phi) is 4.31. The van der Waals surface area contributed by atoms with Crippen molar-refractivity contribution in [2.24, 2.45) is 0 Å². The zero-order valence-electron chi connectivity index (χ0n) is 10.7. The molecular weight excluding hydrogens is 250 g/mol. The second-order valence-corrected chi connectivity index (χ2v) is 5.66. The Morgan fingerprint density at radius 1 is 1.72 bits per heavy atom. The highest BCUT2D eigenvalue weighted by atomic mass is 32.1. The van der Waals surface area contributed by atoms with Crippen LogP contribution in [0.5, 0.6) is 0 Å². The van der Waals surface area contributed by atoms with E-state index in [1.807, 2.05) is 5.38 Å². The molecule has 18 heavy (non-hydrogen) atoms. The molecule has 0 bridgehead atoms. The number of hydrogen-bond acceptors (Lipinski definition) is 5. The quantitative estimate of drug-likeness (QED) is 0.862. The Balaban J connectivity index is 2.12. The molecule has 1 aliphatic rings. The van der Waals surface area contributed by atoms with E-state index < -0.39 is 12.0 Å². The van der Waals surface area contributed by atoms with Crippen molar-refractivity contribution in [1.82, 2.24) is 15.2 Å². The lowest BCUT2D eigenvalue weighted by molar-refractivity contribution is -0.139. The number of likely N-dealkylation sites (N-methyl/N-ethyl adjacent to an activating group) is 2. The third kappa shape index (κ3) is 2.88. The molecule has 100 valence electrons. The van der Waals surface area contributed by atoms with Crippen LogP contribution in [0, 0.1) is 0 Å². The van der Waals surface area contributed by atoms with Gasteiger partial charge in [-0.2, -0.15) is 0 Å². The van der Waals surface area contributed by atoms with Gasteiger partial charge in [0.2, 0.25) is 0 Å². The summed E-state index contributed by atoms with van der Waals surface area (Å²) in [5, 5.41) is 14.8. The normalized spacial score (nSPS) is 22.9. The number of carbonyl (C=O) groups is 1. The lowest BCUT2D eigenvalue weighted by atomic mass is 9.99. The van der Waals surface area contributed by atoms with E-state index in [1.165, 1.54) is 6.42 Å². The molecule has 6 heteroatoms. The molecule has 2 heterocycles. The Hall–Kier alpha value is -0.980. The molecule has 2 N–H and O–H groups in total. The van der Waals surface area contributed by atoms with Gasteiger partial charge in [-0.05, 0) is 33.5 Å². The number of carboxylic acid groups (broad SMARTS) is 1. The monoisotopic (exact) mass is 269 g/mol. The number of piperidine rings is 1. The third-order valence-electron chi connectivity index (χ3n) is 3.34. The molecule has 0 saturated carbocycles. The van der Waals surface area contributed by atoms with E-state index in [-0.39, 0.29) is 0 Å². The average Bonchev–Trinajstić information content (AvgIpc) is 2.79. The van der Waals surface area contributed by atoms with Gasteiger partial charge in [0.15, 0.2) is 0 Å². The number of aromatic nitrogens is 1. The second-order valence-electron chi connectivity index (χ2n) is 4.77. The Morgan fingerprint density at radius 3 is 3.11 bits per heavy atom. The molecule has 2 rings (SSSR count). The first-order chi connectivity index (χ1) is 8.61. The number of nitrogens with zero attached hydrogens (tertiary/aromatic N) is 2. The first-order valence-corrected chi connectivity index (χ1v) is 7.03. The minimum atomic E-state index is -0.880. The van der Waals surface area contributed by atoms with Gasteiger partial charge in [0, 0.05) is 17.8 Å². The van der Waals surface area contributed by atoms with E-state index in [4.69, 9.17) is 5.11 Å². The van der Waals surface area contributed by atoms with Crippen molar-refractivity contribution in [2.45, 2.75) is 24.8 Å². The van der Waals surface area contributed by atoms with E-state index in [0.29, 0.717) is 11.6 Å². The van der Waals surface area contributed by atoms with Crippen molar-refractivity contribution in [3.05, 3.63) is 16.1 Å². The fraction of sp³-hybridized carbons (Fsp3) is 0.667. The first kappa shape index (κ1) is 13.5. The number of rotatable bonds is 4. The van der Waals surface area contributed by atoms with Crippen LogP contribution >= 0.6 is 11.3 Å². The predicted molar refractivity (Wildman–Crippen MR) is 71.0 cm³/mol. The van der Waals surface area contributed by atoms with Crippen LogP contribution in [0.4, 0.5) is 0 Å². The summed E-state index contributed by atoms with van der Waals surface area (Å²) in [6.45, 7) is 2.16. The van der Waals surface area contributed by atoms with Crippen LogP contribution in [-0.4, -0.2) is 48.1 Å². The fourth-order valence-corrected chi connectivity index (χ4v) is 3.36. The third-order valence-corrected chi connectivity index (χ3v) is 4.37.